The van der Waals surface area contributed by atoms with Crippen molar-refractivity contribution in [3.63, 3.8) is 0 Å². The van der Waals surface area contributed by atoms with Crippen LogP contribution in [0.2, 0.25) is 0 Å². The number of nitrogens with zero attached hydrogens (tertiary/aromatic N) is 2. The maximum atomic E-state index is 13.0. The van der Waals surface area contributed by atoms with Gasteiger partial charge in [0.2, 0.25) is 11.7 Å². The second-order valence-electron chi connectivity index (χ2n) is 6.36. The van der Waals surface area contributed by atoms with Gasteiger partial charge in [0.1, 0.15) is 12.1 Å². The lowest BCUT2D eigenvalue weighted by molar-refractivity contribution is -0.151. The number of fused-ring (bicyclic) bond motifs is 3. The molecule has 3 rings (SSSR count). The van der Waals surface area contributed by atoms with E-state index in [1.54, 1.807) is 25.9 Å². The van der Waals surface area contributed by atoms with Crippen LogP contribution in [0.1, 0.15) is 13.8 Å². The maximum Gasteiger partial charge on any atom is 0.242 e. The molecule has 2 aliphatic heterocycles. The summed E-state index contributed by atoms with van der Waals surface area (Å²) in [6, 6.07) is -0.930. The van der Waals surface area contributed by atoms with Gasteiger partial charge in [-0.1, -0.05) is 0 Å². The van der Waals surface area contributed by atoms with Crippen LogP contribution in [0.4, 0.5) is 0 Å². The van der Waals surface area contributed by atoms with Crippen LogP contribution >= 0.6 is 0 Å². The van der Waals surface area contributed by atoms with Gasteiger partial charge in [-0.15, -0.1) is 0 Å². The number of carbonyl (C=O) groups is 3. The minimum atomic E-state index is -0.744. The number of hydrogen-bond acceptors (Lipinski definition) is 6. The minimum absolute atomic E-state index is 0.0837. The van der Waals surface area contributed by atoms with Crippen molar-refractivity contribution in [1.82, 2.24) is 9.80 Å². The molecule has 2 bridgehead atoms. The van der Waals surface area contributed by atoms with E-state index in [4.69, 9.17) is 9.47 Å². The third-order valence-corrected chi connectivity index (χ3v) is 5.13. The third-order valence-electron chi connectivity index (χ3n) is 5.13. The number of Topliss-reactive ketones (excluding diaryl/α,β-unsaturated/α-hetero) is 2. The molecule has 3 aliphatic rings. The summed E-state index contributed by atoms with van der Waals surface area (Å²) in [5.41, 5.74) is 1.00. The average Bonchev–Trinajstić information content (AvgIpc) is 2.54. The number of allylic oxidation sites excluding steroid dienone is 2. The van der Waals surface area contributed by atoms with Crippen LogP contribution in [0, 0.1) is 0 Å². The van der Waals surface area contributed by atoms with Crippen LogP contribution in [0.25, 0.3) is 0 Å². The minimum Gasteiger partial charge on any atom is -0.492 e. The summed E-state index contributed by atoms with van der Waals surface area (Å²) in [6.45, 7) is 4.09. The molecule has 0 N–H and O–H groups in total. The molecule has 3 atom stereocenters. The Balaban J connectivity index is 2.22. The molecule has 7 heteroatoms. The fourth-order valence-electron chi connectivity index (χ4n) is 3.92. The molecule has 1 saturated heterocycles. The fraction of sp³-hybridized carbons (Fsp3) is 0.588. The van der Waals surface area contributed by atoms with E-state index in [9.17, 15) is 14.4 Å². The van der Waals surface area contributed by atoms with E-state index in [1.807, 2.05) is 11.8 Å². The Morgan fingerprint density at radius 1 is 1.12 bits per heavy atom. The SMILES string of the molecule is CCO[C@H]1C2=C(C(=O)C(OC)=C(C)C2=O)[C@@H]2CN(C)C(=O)[C@H]1N2C. The van der Waals surface area contributed by atoms with Crippen LogP contribution in [0.3, 0.4) is 0 Å². The van der Waals surface area contributed by atoms with Crippen molar-refractivity contribution in [3.05, 3.63) is 22.5 Å². The van der Waals surface area contributed by atoms with Crippen molar-refractivity contribution in [1.29, 1.82) is 0 Å². The van der Waals surface area contributed by atoms with Crippen molar-refractivity contribution in [2.75, 3.05) is 34.4 Å². The molecule has 0 aromatic heterocycles. The Labute approximate surface area is 140 Å². The second kappa shape index (κ2) is 5.82. The molecule has 2 heterocycles. The second-order valence-corrected chi connectivity index (χ2v) is 6.36. The normalized spacial score (nSPS) is 31.0. The smallest absolute Gasteiger partial charge is 0.242 e. The van der Waals surface area contributed by atoms with Crippen LogP contribution in [0.15, 0.2) is 22.5 Å². The Bertz CT molecular complexity index is 693. The highest BCUT2D eigenvalue weighted by Crippen LogP contribution is 2.40. The molecule has 0 saturated carbocycles. The van der Waals surface area contributed by atoms with Gasteiger partial charge >= 0.3 is 0 Å². The van der Waals surface area contributed by atoms with E-state index >= 15 is 0 Å². The van der Waals surface area contributed by atoms with E-state index in [1.165, 1.54) is 7.11 Å². The number of hydrogen-bond donors (Lipinski definition) is 0. The van der Waals surface area contributed by atoms with Crippen molar-refractivity contribution < 1.29 is 23.9 Å². The van der Waals surface area contributed by atoms with Crippen molar-refractivity contribution in [2.45, 2.75) is 32.0 Å². The van der Waals surface area contributed by atoms with Crippen LogP contribution in [-0.4, -0.2) is 79.8 Å². The molecular formula is C17H22N2O5. The van der Waals surface area contributed by atoms with Crippen LogP contribution in [0.5, 0.6) is 0 Å². The largest absolute Gasteiger partial charge is 0.492 e. The van der Waals surface area contributed by atoms with Gasteiger partial charge in [-0.05, 0) is 20.9 Å². The summed E-state index contributed by atoms with van der Waals surface area (Å²) in [5.74, 6) is -0.564. The van der Waals surface area contributed by atoms with Gasteiger partial charge < -0.3 is 14.4 Å². The lowest BCUT2D eigenvalue weighted by Gasteiger charge is -2.51. The molecule has 1 aliphatic carbocycles. The van der Waals surface area contributed by atoms with Gasteiger partial charge in [0.05, 0.1) is 13.2 Å². The molecule has 0 spiro atoms. The van der Waals surface area contributed by atoms with Gasteiger partial charge in [-0.3, -0.25) is 19.3 Å². The zero-order valence-corrected chi connectivity index (χ0v) is 14.6. The van der Waals surface area contributed by atoms with Crippen molar-refractivity contribution in [3.8, 4) is 0 Å². The summed E-state index contributed by atoms with van der Waals surface area (Å²) in [4.78, 5) is 42.0. The van der Waals surface area contributed by atoms with E-state index in [0.717, 1.165) is 0 Å². The molecule has 7 nitrogen and oxygen atoms in total. The van der Waals surface area contributed by atoms with Gasteiger partial charge in [0, 0.05) is 36.9 Å². The van der Waals surface area contributed by atoms with Gasteiger partial charge in [-0.2, -0.15) is 0 Å². The molecule has 0 aromatic carbocycles. The summed E-state index contributed by atoms with van der Waals surface area (Å²) < 4.78 is 11.0. The molecule has 0 aromatic rings. The Morgan fingerprint density at radius 2 is 1.79 bits per heavy atom. The maximum absolute atomic E-state index is 13.0. The van der Waals surface area contributed by atoms with E-state index in [-0.39, 0.29) is 34.8 Å². The highest BCUT2D eigenvalue weighted by Gasteiger charge is 2.54. The molecular weight excluding hydrogens is 312 g/mol. The Kier molecular flexibility index (Phi) is 4.09. The van der Waals surface area contributed by atoms with Gasteiger partial charge in [0.25, 0.3) is 0 Å². The number of piperazine rings is 1. The Hall–Kier alpha value is -1.99. The first-order chi connectivity index (χ1) is 11.3. The van der Waals surface area contributed by atoms with Crippen molar-refractivity contribution in [2.24, 2.45) is 0 Å². The number of methoxy groups -OCH3 is 1. The summed E-state index contributed by atoms with van der Waals surface area (Å²) in [6.07, 6.45) is -0.744. The Morgan fingerprint density at radius 3 is 2.38 bits per heavy atom. The lowest BCUT2D eigenvalue weighted by Crippen LogP contribution is -2.68. The number of ketones is 2. The number of likely N-dealkylation sites (N-methyl/N-ethyl adjacent to an activating group) is 2. The molecule has 130 valence electrons. The summed E-state index contributed by atoms with van der Waals surface area (Å²) in [5, 5.41) is 0. The highest BCUT2D eigenvalue weighted by atomic mass is 16.5. The number of ether oxygens (including phenoxy) is 2. The number of carbonyl (C=O) groups excluding carboxylic acids is 3. The number of amides is 1. The first-order valence-corrected chi connectivity index (χ1v) is 8.01. The highest BCUT2D eigenvalue weighted by molar-refractivity contribution is 6.25. The van der Waals surface area contributed by atoms with Crippen LogP contribution < -0.4 is 0 Å². The van der Waals surface area contributed by atoms with E-state index in [2.05, 4.69) is 0 Å². The zero-order chi connectivity index (χ0) is 17.8. The monoisotopic (exact) mass is 334 g/mol. The molecule has 1 fully saturated rings. The predicted octanol–water partition coefficient (Wildman–Crippen LogP) is -0.0851. The zero-order valence-electron chi connectivity index (χ0n) is 14.6. The lowest BCUT2D eigenvalue weighted by atomic mass is 9.75. The first kappa shape index (κ1) is 16.9. The molecule has 24 heavy (non-hydrogen) atoms. The van der Waals surface area contributed by atoms with Crippen molar-refractivity contribution >= 4 is 17.5 Å². The van der Waals surface area contributed by atoms with Crippen LogP contribution in [-0.2, 0) is 23.9 Å². The van der Waals surface area contributed by atoms with E-state index < -0.39 is 12.1 Å². The molecule has 1 amide bonds. The molecule has 0 unspecified atom stereocenters. The predicted molar refractivity (Wildman–Crippen MR) is 85.1 cm³/mol. The third kappa shape index (κ3) is 2.08. The quantitative estimate of drug-likeness (QED) is 0.672. The fourth-order valence-corrected chi connectivity index (χ4v) is 3.92. The summed E-state index contributed by atoms with van der Waals surface area (Å²) >= 11 is 0. The van der Waals surface area contributed by atoms with E-state index in [0.29, 0.717) is 24.3 Å². The summed E-state index contributed by atoms with van der Waals surface area (Å²) in [7, 11) is 4.89. The van der Waals surface area contributed by atoms with Gasteiger partial charge in [-0.25, -0.2) is 0 Å². The topological polar surface area (TPSA) is 76.1 Å². The average molecular weight is 334 g/mol. The standard InChI is InChI=1S/C17H22N2O5/c1-6-24-16-11-10(14(21)15(23-5)8(2)13(11)20)9-7-18(3)17(22)12(16)19(9)4/h9,12,16H,6-7H2,1-5H3/t9-,12-,16-/m0/s1. The first-order valence-electron chi connectivity index (χ1n) is 8.01. The van der Waals surface area contributed by atoms with Gasteiger partial charge in [0.15, 0.2) is 11.5 Å². The molecule has 0 radical (unpaired) electrons. The number of rotatable bonds is 3.